The minimum absolute atomic E-state index is 0.412. The summed E-state index contributed by atoms with van der Waals surface area (Å²) in [6.45, 7) is 1.15. The maximum atomic E-state index is 11.9. The van der Waals surface area contributed by atoms with Crippen LogP contribution in [-0.2, 0) is 14.3 Å². The van der Waals surface area contributed by atoms with Crippen LogP contribution in [0.5, 0.6) is 11.5 Å². The molecule has 2 rings (SSSR count). The van der Waals surface area contributed by atoms with E-state index in [1.54, 1.807) is 55.5 Å². The van der Waals surface area contributed by atoms with Crippen LogP contribution in [0.1, 0.15) is 6.92 Å². The van der Waals surface area contributed by atoms with E-state index in [9.17, 15) is 9.59 Å². The highest BCUT2D eigenvalue weighted by Crippen LogP contribution is 2.22. The van der Waals surface area contributed by atoms with Crippen molar-refractivity contribution in [3.63, 3.8) is 0 Å². The van der Waals surface area contributed by atoms with Crippen molar-refractivity contribution in [2.75, 3.05) is 19.0 Å². The van der Waals surface area contributed by atoms with Crippen LogP contribution in [0.3, 0.4) is 0 Å². The van der Waals surface area contributed by atoms with Crippen molar-refractivity contribution in [1.82, 2.24) is 0 Å². The van der Waals surface area contributed by atoms with Gasteiger partial charge in [0.1, 0.15) is 11.5 Å². The van der Waals surface area contributed by atoms with Gasteiger partial charge in [-0.2, -0.15) is 0 Å². The molecule has 25 heavy (non-hydrogen) atoms. The van der Waals surface area contributed by atoms with Crippen molar-refractivity contribution in [1.29, 1.82) is 0 Å². The number of esters is 1. The van der Waals surface area contributed by atoms with Crippen LogP contribution in [0.25, 0.3) is 0 Å². The molecular weight excluding hydrogens is 390 g/mol. The molecule has 0 heterocycles. The van der Waals surface area contributed by atoms with Gasteiger partial charge in [0.15, 0.2) is 12.7 Å². The largest absolute Gasteiger partial charge is 0.495 e. The standard InChI is InChI=1S/C18H18BrNO5/c1-12(25-14-9-7-13(19)8-10-14)18(22)24-11-17(21)20-15-5-3-4-6-16(15)23-2/h3-10,12H,11H2,1-2H3,(H,20,21)/t12-/m0/s1. The van der Waals surface area contributed by atoms with E-state index < -0.39 is 24.6 Å². The number of para-hydroxylation sites is 2. The monoisotopic (exact) mass is 407 g/mol. The van der Waals surface area contributed by atoms with E-state index in [1.165, 1.54) is 7.11 Å². The van der Waals surface area contributed by atoms with Gasteiger partial charge in [-0.05, 0) is 43.3 Å². The van der Waals surface area contributed by atoms with Gasteiger partial charge < -0.3 is 19.5 Å². The lowest BCUT2D eigenvalue weighted by molar-refractivity contribution is -0.153. The summed E-state index contributed by atoms with van der Waals surface area (Å²) < 4.78 is 16.5. The zero-order chi connectivity index (χ0) is 18.2. The molecule has 0 aromatic heterocycles. The predicted octanol–water partition coefficient (Wildman–Crippen LogP) is 3.41. The van der Waals surface area contributed by atoms with E-state index >= 15 is 0 Å². The molecule has 0 saturated heterocycles. The predicted molar refractivity (Wildman–Crippen MR) is 96.8 cm³/mol. The summed E-state index contributed by atoms with van der Waals surface area (Å²) in [4.78, 5) is 23.8. The van der Waals surface area contributed by atoms with Crippen molar-refractivity contribution in [2.24, 2.45) is 0 Å². The normalized spacial score (nSPS) is 11.3. The number of nitrogens with one attached hydrogen (secondary N) is 1. The Kier molecular flexibility index (Phi) is 6.82. The second-order valence-electron chi connectivity index (χ2n) is 5.07. The number of amides is 1. The summed E-state index contributed by atoms with van der Waals surface area (Å²) in [7, 11) is 1.51. The first-order chi connectivity index (χ1) is 12.0. The lowest BCUT2D eigenvalue weighted by Gasteiger charge is -2.14. The second kappa shape index (κ2) is 9.08. The molecule has 0 aliphatic carbocycles. The Morgan fingerprint density at radius 1 is 1.12 bits per heavy atom. The first-order valence-electron chi connectivity index (χ1n) is 7.51. The molecule has 0 aliphatic heterocycles. The number of benzene rings is 2. The van der Waals surface area contributed by atoms with Gasteiger partial charge in [-0.25, -0.2) is 4.79 Å². The lowest BCUT2D eigenvalue weighted by Crippen LogP contribution is -2.29. The van der Waals surface area contributed by atoms with Gasteiger partial charge in [-0.1, -0.05) is 28.1 Å². The van der Waals surface area contributed by atoms with Gasteiger partial charge in [-0.15, -0.1) is 0 Å². The fraction of sp³-hybridized carbons (Fsp3) is 0.222. The number of methoxy groups -OCH3 is 1. The molecule has 0 fully saturated rings. The Labute approximate surface area is 154 Å². The Morgan fingerprint density at radius 3 is 2.48 bits per heavy atom. The van der Waals surface area contributed by atoms with Gasteiger partial charge in [0, 0.05) is 4.47 Å². The number of ether oxygens (including phenoxy) is 3. The zero-order valence-electron chi connectivity index (χ0n) is 13.8. The molecule has 0 bridgehead atoms. The van der Waals surface area contributed by atoms with E-state index in [-0.39, 0.29) is 0 Å². The van der Waals surface area contributed by atoms with Crippen LogP contribution in [0.4, 0.5) is 5.69 Å². The topological polar surface area (TPSA) is 73.9 Å². The molecule has 0 saturated carbocycles. The number of halogens is 1. The van der Waals surface area contributed by atoms with Crippen LogP contribution < -0.4 is 14.8 Å². The van der Waals surface area contributed by atoms with Crippen LogP contribution in [0.2, 0.25) is 0 Å². The number of carbonyl (C=O) groups is 2. The minimum Gasteiger partial charge on any atom is -0.495 e. The summed E-state index contributed by atoms with van der Waals surface area (Å²) in [5.74, 6) is -0.0352. The van der Waals surface area contributed by atoms with Gasteiger partial charge in [0.05, 0.1) is 12.8 Å². The van der Waals surface area contributed by atoms with Gasteiger partial charge in [0.25, 0.3) is 5.91 Å². The van der Waals surface area contributed by atoms with Crippen molar-refractivity contribution >= 4 is 33.5 Å². The summed E-state index contributed by atoms with van der Waals surface area (Å²) in [5, 5.41) is 2.62. The number of hydrogen-bond acceptors (Lipinski definition) is 5. The third kappa shape index (κ3) is 5.79. The number of rotatable bonds is 7. The van der Waals surface area contributed by atoms with Crippen LogP contribution in [0, 0.1) is 0 Å². The van der Waals surface area contributed by atoms with Crippen molar-refractivity contribution in [3.05, 3.63) is 53.0 Å². The number of hydrogen-bond donors (Lipinski definition) is 1. The first-order valence-corrected chi connectivity index (χ1v) is 8.30. The average molecular weight is 408 g/mol. The molecule has 1 amide bonds. The van der Waals surface area contributed by atoms with E-state index in [1.807, 2.05) is 0 Å². The number of carbonyl (C=O) groups excluding carboxylic acids is 2. The van der Waals surface area contributed by atoms with Gasteiger partial charge in [0.2, 0.25) is 0 Å². The maximum Gasteiger partial charge on any atom is 0.347 e. The van der Waals surface area contributed by atoms with E-state index in [4.69, 9.17) is 14.2 Å². The lowest BCUT2D eigenvalue weighted by atomic mass is 10.3. The third-order valence-corrected chi connectivity index (χ3v) is 3.71. The Bertz CT molecular complexity index is 733. The van der Waals surface area contributed by atoms with Gasteiger partial charge >= 0.3 is 5.97 Å². The molecule has 0 unspecified atom stereocenters. The molecule has 132 valence electrons. The van der Waals surface area contributed by atoms with Gasteiger partial charge in [-0.3, -0.25) is 4.79 Å². The van der Waals surface area contributed by atoms with Crippen molar-refractivity contribution in [3.8, 4) is 11.5 Å². The summed E-state index contributed by atoms with van der Waals surface area (Å²) in [6.07, 6.45) is -0.833. The molecule has 6 nitrogen and oxygen atoms in total. The minimum atomic E-state index is -0.833. The Hall–Kier alpha value is -2.54. The average Bonchev–Trinajstić information content (AvgIpc) is 2.62. The van der Waals surface area contributed by atoms with E-state index in [0.717, 1.165) is 4.47 Å². The molecule has 1 atom stereocenters. The van der Waals surface area contributed by atoms with Crippen LogP contribution in [0.15, 0.2) is 53.0 Å². The molecule has 0 radical (unpaired) electrons. The van der Waals surface area contributed by atoms with Crippen LogP contribution in [-0.4, -0.2) is 31.7 Å². The Balaban J connectivity index is 1.82. The first kappa shape index (κ1) is 18.8. The maximum absolute atomic E-state index is 11.9. The molecule has 1 N–H and O–H groups in total. The van der Waals surface area contributed by atoms with Crippen molar-refractivity contribution < 1.29 is 23.8 Å². The fourth-order valence-corrected chi connectivity index (χ4v) is 2.22. The molecular formula is C18H18BrNO5. The molecule has 0 spiro atoms. The highest BCUT2D eigenvalue weighted by atomic mass is 79.9. The molecule has 2 aromatic carbocycles. The summed E-state index contributed by atoms with van der Waals surface area (Å²) >= 11 is 3.32. The van der Waals surface area contributed by atoms with E-state index in [2.05, 4.69) is 21.2 Å². The number of anilines is 1. The summed E-state index contributed by atoms with van der Waals surface area (Å²) in [5.41, 5.74) is 0.505. The summed E-state index contributed by atoms with van der Waals surface area (Å²) in [6, 6.07) is 14.0. The van der Waals surface area contributed by atoms with Crippen LogP contribution >= 0.6 is 15.9 Å². The highest BCUT2D eigenvalue weighted by molar-refractivity contribution is 9.10. The zero-order valence-corrected chi connectivity index (χ0v) is 15.4. The molecule has 2 aromatic rings. The highest BCUT2D eigenvalue weighted by Gasteiger charge is 2.18. The third-order valence-electron chi connectivity index (χ3n) is 3.19. The smallest absolute Gasteiger partial charge is 0.347 e. The quantitative estimate of drug-likeness (QED) is 0.711. The Morgan fingerprint density at radius 2 is 1.80 bits per heavy atom. The van der Waals surface area contributed by atoms with Crippen molar-refractivity contribution in [2.45, 2.75) is 13.0 Å². The molecule has 0 aliphatic rings. The SMILES string of the molecule is COc1ccccc1NC(=O)COC(=O)[C@H](C)Oc1ccc(Br)cc1. The van der Waals surface area contributed by atoms with E-state index in [0.29, 0.717) is 17.2 Å². The molecule has 7 heteroatoms. The second-order valence-corrected chi connectivity index (χ2v) is 5.99. The fourth-order valence-electron chi connectivity index (χ4n) is 1.95.